The Kier molecular flexibility index (Phi) is 3.14. The fraction of sp³-hybridized carbons (Fsp3) is 0.800. The summed E-state index contributed by atoms with van der Waals surface area (Å²) in [6.45, 7) is 4.53. The molecule has 3 saturated carbocycles. The molecule has 0 saturated heterocycles. The zero-order valence-electron chi connectivity index (χ0n) is 14.3. The lowest BCUT2D eigenvalue weighted by Crippen LogP contribution is -2.54. The summed E-state index contributed by atoms with van der Waals surface area (Å²) < 4.78 is 0. The van der Waals surface area contributed by atoms with Crippen molar-refractivity contribution in [2.75, 3.05) is 0 Å². The minimum atomic E-state index is -1.14. The van der Waals surface area contributed by atoms with Crippen LogP contribution < -0.4 is 0 Å². The van der Waals surface area contributed by atoms with Crippen LogP contribution in [-0.2, 0) is 4.79 Å². The lowest BCUT2D eigenvalue weighted by molar-refractivity contribution is -0.119. The van der Waals surface area contributed by atoms with Gasteiger partial charge in [-0.2, -0.15) is 5.26 Å². The van der Waals surface area contributed by atoms with Gasteiger partial charge in [-0.15, -0.1) is 0 Å². The lowest BCUT2D eigenvalue weighted by Gasteiger charge is -2.58. The molecule has 0 amide bonds. The Hall–Kier alpha value is -1.14. The average Bonchev–Trinajstić information content (AvgIpc) is 2.80. The summed E-state index contributed by atoms with van der Waals surface area (Å²) in [5.74, 6) is 1.99. The predicted molar refractivity (Wildman–Crippen MR) is 87.3 cm³/mol. The van der Waals surface area contributed by atoms with Crippen molar-refractivity contribution in [3.8, 4) is 6.07 Å². The highest BCUT2D eigenvalue weighted by molar-refractivity contribution is 5.91. The first-order chi connectivity index (χ1) is 10.8. The molecule has 0 spiro atoms. The number of fused-ring (bicyclic) bond motifs is 5. The minimum Gasteiger partial charge on any atom is -0.375 e. The van der Waals surface area contributed by atoms with E-state index >= 15 is 0 Å². The van der Waals surface area contributed by atoms with Crippen molar-refractivity contribution >= 4 is 5.78 Å². The van der Waals surface area contributed by atoms with Gasteiger partial charge in [-0.25, -0.2) is 0 Å². The molecule has 23 heavy (non-hydrogen) atoms. The average molecular weight is 313 g/mol. The molecule has 0 aliphatic heterocycles. The monoisotopic (exact) mass is 313 g/mol. The molecular weight excluding hydrogens is 286 g/mol. The first-order valence-corrected chi connectivity index (χ1v) is 9.22. The SMILES string of the molecule is C[C@]12CCC(=O)C=C1CC[C@@H]1[C@@H]2CC[C@@]2(C)[C@H]1CCC2(O)C#N. The molecule has 0 aromatic carbocycles. The first-order valence-electron chi connectivity index (χ1n) is 9.22. The Bertz CT molecular complexity index is 632. The number of nitrogens with zero attached hydrogens (tertiary/aromatic N) is 1. The van der Waals surface area contributed by atoms with E-state index in [4.69, 9.17) is 0 Å². The third kappa shape index (κ3) is 1.82. The molecule has 0 aromatic rings. The first kappa shape index (κ1) is 15.4. The van der Waals surface area contributed by atoms with Gasteiger partial charge in [0.2, 0.25) is 0 Å². The van der Waals surface area contributed by atoms with Gasteiger partial charge in [0.25, 0.3) is 0 Å². The molecule has 124 valence electrons. The van der Waals surface area contributed by atoms with Gasteiger partial charge in [0.1, 0.15) is 0 Å². The van der Waals surface area contributed by atoms with Crippen LogP contribution in [0.4, 0.5) is 0 Å². The largest absolute Gasteiger partial charge is 0.375 e. The molecule has 3 heteroatoms. The topological polar surface area (TPSA) is 61.1 Å². The maximum absolute atomic E-state index is 11.8. The molecule has 0 bridgehead atoms. The molecule has 0 aromatic heterocycles. The third-order valence-electron chi connectivity index (χ3n) is 8.30. The summed E-state index contributed by atoms with van der Waals surface area (Å²) in [7, 11) is 0. The minimum absolute atomic E-state index is 0.172. The molecule has 0 heterocycles. The molecular formula is C20H27NO2. The Balaban J connectivity index is 1.70. The number of hydrogen-bond donors (Lipinski definition) is 1. The molecule has 6 atom stereocenters. The highest BCUT2D eigenvalue weighted by atomic mass is 16.3. The van der Waals surface area contributed by atoms with E-state index in [0.717, 1.165) is 38.5 Å². The zero-order valence-corrected chi connectivity index (χ0v) is 14.3. The molecule has 0 radical (unpaired) electrons. The molecule has 3 fully saturated rings. The van der Waals surface area contributed by atoms with E-state index in [0.29, 0.717) is 36.4 Å². The van der Waals surface area contributed by atoms with Gasteiger partial charge in [0.05, 0.1) is 6.07 Å². The Labute approximate surface area is 138 Å². The summed E-state index contributed by atoms with van der Waals surface area (Å²) in [4.78, 5) is 11.8. The Morgan fingerprint density at radius 2 is 1.87 bits per heavy atom. The number of ketones is 1. The highest BCUT2D eigenvalue weighted by Crippen LogP contribution is 2.67. The number of hydrogen-bond acceptors (Lipinski definition) is 3. The van der Waals surface area contributed by atoms with Crippen molar-refractivity contribution in [3.05, 3.63) is 11.6 Å². The van der Waals surface area contributed by atoms with Gasteiger partial charge in [0, 0.05) is 11.8 Å². The predicted octanol–water partition coefficient (Wildman–Crippen LogP) is 3.77. The molecule has 4 aliphatic carbocycles. The second kappa shape index (κ2) is 4.70. The fourth-order valence-corrected chi connectivity index (χ4v) is 6.76. The van der Waals surface area contributed by atoms with Crippen LogP contribution in [0, 0.1) is 39.9 Å². The van der Waals surface area contributed by atoms with Gasteiger partial charge in [0.15, 0.2) is 11.4 Å². The summed E-state index contributed by atoms with van der Waals surface area (Å²) in [6.07, 6.45) is 9.42. The van der Waals surface area contributed by atoms with E-state index < -0.39 is 5.60 Å². The van der Waals surface area contributed by atoms with E-state index in [1.54, 1.807) is 0 Å². The van der Waals surface area contributed by atoms with Gasteiger partial charge in [-0.05, 0) is 74.2 Å². The van der Waals surface area contributed by atoms with Gasteiger partial charge in [-0.3, -0.25) is 4.79 Å². The van der Waals surface area contributed by atoms with Crippen molar-refractivity contribution < 1.29 is 9.90 Å². The number of carbonyl (C=O) groups excluding carboxylic acids is 1. The van der Waals surface area contributed by atoms with Crippen LogP contribution in [-0.4, -0.2) is 16.5 Å². The zero-order chi connectivity index (χ0) is 16.5. The maximum Gasteiger partial charge on any atom is 0.156 e. The molecule has 4 aliphatic rings. The highest BCUT2D eigenvalue weighted by Gasteiger charge is 2.64. The quantitative estimate of drug-likeness (QED) is 0.692. The van der Waals surface area contributed by atoms with Crippen molar-refractivity contribution in [1.29, 1.82) is 5.26 Å². The van der Waals surface area contributed by atoms with Crippen LogP contribution in [0.15, 0.2) is 11.6 Å². The molecule has 3 nitrogen and oxygen atoms in total. The second-order valence-corrected chi connectivity index (χ2v) is 8.94. The van der Waals surface area contributed by atoms with Crippen LogP contribution >= 0.6 is 0 Å². The molecule has 4 rings (SSSR count). The van der Waals surface area contributed by atoms with Gasteiger partial charge in [-0.1, -0.05) is 19.4 Å². The Morgan fingerprint density at radius 3 is 2.61 bits per heavy atom. The summed E-state index contributed by atoms with van der Waals surface area (Å²) >= 11 is 0. The number of aliphatic hydroxyl groups is 1. The van der Waals surface area contributed by atoms with E-state index in [-0.39, 0.29) is 10.8 Å². The van der Waals surface area contributed by atoms with E-state index in [9.17, 15) is 15.2 Å². The lowest BCUT2D eigenvalue weighted by atomic mass is 9.46. The van der Waals surface area contributed by atoms with Crippen molar-refractivity contribution in [3.63, 3.8) is 0 Å². The maximum atomic E-state index is 11.8. The van der Waals surface area contributed by atoms with Crippen LogP contribution in [0.1, 0.15) is 65.2 Å². The summed E-state index contributed by atoms with van der Waals surface area (Å²) in [5.41, 5.74) is 0.172. The molecule has 1 N–H and O–H groups in total. The second-order valence-electron chi connectivity index (χ2n) is 8.94. The normalized spacial score (nSPS) is 52.0. The van der Waals surface area contributed by atoms with Crippen molar-refractivity contribution in [2.45, 2.75) is 70.8 Å². The van der Waals surface area contributed by atoms with Crippen LogP contribution in [0.3, 0.4) is 0 Å². The van der Waals surface area contributed by atoms with Crippen LogP contribution in [0.5, 0.6) is 0 Å². The van der Waals surface area contributed by atoms with Gasteiger partial charge < -0.3 is 5.11 Å². The fourth-order valence-electron chi connectivity index (χ4n) is 6.76. The summed E-state index contributed by atoms with van der Waals surface area (Å²) in [6, 6.07) is 2.25. The number of nitriles is 1. The van der Waals surface area contributed by atoms with E-state index in [2.05, 4.69) is 19.9 Å². The summed E-state index contributed by atoms with van der Waals surface area (Å²) in [5, 5.41) is 20.4. The van der Waals surface area contributed by atoms with E-state index in [1.807, 2.05) is 6.08 Å². The van der Waals surface area contributed by atoms with Gasteiger partial charge >= 0.3 is 0 Å². The smallest absolute Gasteiger partial charge is 0.156 e. The van der Waals surface area contributed by atoms with Crippen LogP contribution in [0.2, 0.25) is 0 Å². The number of allylic oxidation sites excluding steroid dienone is 1. The number of rotatable bonds is 0. The standard InChI is InChI=1S/C20H27NO2/c1-18-8-5-14(22)11-13(18)3-4-15-16(18)6-9-19(2)17(15)7-10-20(19,23)12-21/h11,15-17,23H,3-10H2,1-2H3/t15-,16+,17+,18+,19+,20?/m1/s1. The molecule has 1 unspecified atom stereocenters. The van der Waals surface area contributed by atoms with Crippen LogP contribution in [0.25, 0.3) is 0 Å². The number of carbonyl (C=O) groups is 1. The van der Waals surface area contributed by atoms with E-state index in [1.165, 1.54) is 5.57 Å². The Morgan fingerprint density at radius 1 is 1.13 bits per heavy atom. The van der Waals surface area contributed by atoms with Crippen molar-refractivity contribution in [1.82, 2.24) is 0 Å². The van der Waals surface area contributed by atoms with Crippen molar-refractivity contribution in [2.24, 2.45) is 28.6 Å². The third-order valence-corrected chi connectivity index (χ3v) is 8.30.